The molecule has 6 atom stereocenters. The second kappa shape index (κ2) is 5.49. The summed E-state index contributed by atoms with van der Waals surface area (Å²) in [6.45, 7) is 8.42. The molecule has 0 unspecified atom stereocenters. The first-order valence-electron chi connectivity index (χ1n) is 9.72. The minimum absolute atomic E-state index is 0.0573. The van der Waals surface area contributed by atoms with Crippen molar-refractivity contribution in [3.63, 3.8) is 0 Å². The van der Waals surface area contributed by atoms with Crippen LogP contribution >= 0.6 is 0 Å². The molecule has 4 rings (SSSR count). The van der Waals surface area contributed by atoms with Crippen molar-refractivity contribution in [2.45, 2.75) is 58.8 Å². The Morgan fingerprint density at radius 1 is 1.20 bits per heavy atom. The maximum absolute atomic E-state index is 13.3. The highest BCUT2D eigenvalue weighted by Gasteiger charge is 2.62. The van der Waals surface area contributed by atoms with Crippen molar-refractivity contribution >= 4 is 17.9 Å². The lowest BCUT2D eigenvalue weighted by Gasteiger charge is -2.57. The zero-order valence-electron chi connectivity index (χ0n) is 15.3. The number of aldehydes is 1. The lowest BCUT2D eigenvalue weighted by Crippen LogP contribution is -2.55. The van der Waals surface area contributed by atoms with Crippen molar-refractivity contribution in [1.82, 2.24) is 0 Å². The third-order valence-electron chi connectivity index (χ3n) is 8.25. The van der Waals surface area contributed by atoms with Gasteiger partial charge in [-0.1, -0.05) is 26.0 Å². The average molecular weight is 340 g/mol. The van der Waals surface area contributed by atoms with Gasteiger partial charge in [0.25, 0.3) is 0 Å². The van der Waals surface area contributed by atoms with Gasteiger partial charge in [-0.15, -0.1) is 0 Å². The molecule has 0 spiro atoms. The summed E-state index contributed by atoms with van der Waals surface area (Å²) < 4.78 is 0. The van der Waals surface area contributed by atoms with Gasteiger partial charge in [-0.05, 0) is 72.3 Å². The molecule has 0 radical (unpaired) electrons. The van der Waals surface area contributed by atoms with E-state index in [-0.39, 0.29) is 28.4 Å². The van der Waals surface area contributed by atoms with Gasteiger partial charge in [-0.2, -0.15) is 0 Å². The molecular formula is C22H28O3. The fourth-order valence-electron chi connectivity index (χ4n) is 7.07. The van der Waals surface area contributed by atoms with Crippen LogP contribution in [0.5, 0.6) is 0 Å². The molecule has 3 nitrogen and oxygen atoms in total. The van der Waals surface area contributed by atoms with Gasteiger partial charge in [0.1, 0.15) is 12.1 Å². The zero-order valence-corrected chi connectivity index (χ0v) is 15.3. The van der Waals surface area contributed by atoms with Gasteiger partial charge < -0.3 is 0 Å². The van der Waals surface area contributed by atoms with E-state index in [0.717, 1.165) is 38.4 Å². The molecule has 0 aliphatic heterocycles. The predicted octanol–water partition coefficient (Wildman–Crippen LogP) is 4.07. The number of fused-ring (bicyclic) bond motifs is 5. The second-order valence-electron chi connectivity index (χ2n) is 9.31. The van der Waals surface area contributed by atoms with Crippen molar-refractivity contribution in [1.29, 1.82) is 0 Å². The van der Waals surface area contributed by atoms with Crippen molar-refractivity contribution in [2.75, 3.05) is 0 Å². The van der Waals surface area contributed by atoms with Crippen LogP contribution in [0, 0.1) is 34.5 Å². The highest BCUT2D eigenvalue weighted by atomic mass is 16.1. The van der Waals surface area contributed by atoms with E-state index in [4.69, 9.17) is 0 Å². The summed E-state index contributed by atoms with van der Waals surface area (Å²) in [4.78, 5) is 36.5. The fraction of sp³-hybridized carbons (Fsp3) is 0.682. The number of allylic oxidation sites excluding steroid dienone is 2. The first-order chi connectivity index (χ1) is 11.8. The zero-order chi connectivity index (χ0) is 18.0. The van der Waals surface area contributed by atoms with Gasteiger partial charge in [0.2, 0.25) is 0 Å². The standard InChI is InChI=1S/C22H28O3/c1-13(12-23)17-6-7-18-16-5-4-14-10-15(24)8-9-21(14,2)20(16)19(25)11-22(17,18)3/h10,12,16-18,20H,1,4-9,11H2,2-3H3/t16-,17+,18-,20+,21-,22+/m0/s1. The second-order valence-corrected chi connectivity index (χ2v) is 9.31. The summed E-state index contributed by atoms with van der Waals surface area (Å²) in [5, 5.41) is 0. The predicted molar refractivity (Wildman–Crippen MR) is 95.8 cm³/mol. The van der Waals surface area contributed by atoms with E-state index in [1.165, 1.54) is 5.57 Å². The molecule has 0 bridgehead atoms. The summed E-state index contributed by atoms with van der Waals surface area (Å²) >= 11 is 0. The Kier molecular flexibility index (Phi) is 3.72. The van der Waals surface area contributed by atoms with Gasteiger partial charge in [-0.25, -0.2) is 0 Å². The van der Waals surface area contributed by atoms with Gasteiger partial charge in [0.15, 0.2) is 5.78 Å². The Morgan fingerprint density at radius 2 is 1.96 bits per heavy atom. The van der Waals surface area contributed by atoms with Gasteiger partial charge in [0, 0.05) is 18.8 Å². The number of hydrogen-bond donors (Lipinski definition) is 0. The minimum atomic E-state index is -0.130. The molecular weight excluding hydrogens is 312 g/mol. The normalized spacial score (nSPS) is 45.9. The van der Waals surface area contributed by atoms with Gasteiger partial charge in [0.05, 0.1) is 0 Å². The Balaban J connectivity index is 1.72. The highest BCUT2D eigenvalue weighted by Crippen LogP contribution is 2.66. The van der Waals surface area contributed by atoms with E-state index in [9.17, 15) is 14.4 Å². The largest absolute Gasteiger partial charge is 0.299 e. The average Bonchev–Trinajstić information content (AvgIpc) is 2.91. The fourth-order valence-corrected chi connectivity index (χ4v) is 7.07. The molecule has 134 valence electrons. The van der Waals surface area contributed by atoms with Crippen LogP contribution in [0.3, 0.4) is 0 Å². The Morgan fingerprint density at radius 3 is 2.68 bits per heavy atom. The molecule has 3 saturated carbocycles. The van der Waals surface area contributed by atoms with E-state index < -0.39 is 0 Å². The molecule has 0 heterocycles. The van der Waals surface area contributed by atoms with Crippen molar-refractivity contribution in [3.8, 4) is 0 Å². The van der Waals surface area contributed by atoms with Gasteiger partial charge >= 0.3 is 0 Å². The first-order valence-corrected chi connectivity index (χ1v) is 9.72. The summed E-state index contributed by atoms with van der Waals surface area (Å²) in [5.41, 5.74) is 1.64. The molecule has 3 fully saturated rings. The van der Waals surface area contributed by atoms with Crippen LogP contribution in [-0.4, -0.2) is 17.9 Å². The van der Waals surface area contributed by atoms with Gasteiger partial charge in [-0.3, -0.25) is 14.4 Å². The molecule has 4 aliphatic carbocycles. The summed E-state index contributed by atoms with van der Waals surface area (Å²) in [5.74, 6) is 1.68. The Hall–Kier alpha value is -1.51. The number of rotatable bonds is 2. The van der Waals surface area contributed by atoms with E-state index in [1.54, 1.807) is 0 Å². The van der Waals surface area contributed by atoms with E-state index in [0.29, 0.717) is 36.0 Å². The molecule has 4 aliphatic rings. The molecule has 0 saturated heterocycles. The Bertz CT molecular complexity index is 702. The molecule has 3 heteroatoms. The molecule has 0 amide bonds. The van der Waals surface area contributed by atoms with Crippen molar-refractivity contribution in [3.05, 3.63) is 23.8 Å². The van der Waals surface area contributed by atoms with E-state index in [2.05, 4.69) is 20.4 Å². The SMILES string of the molecule is C=C(C=O)[C@H]1CC[C@H]2[C@@H]3CCC4=CC(=O)CC[C@]4(C)[C@H]3C(=O)C[C@]12C. The molecule has 0 aromatic rings. The van der Waals surface area contributed by atoms with Crippen molar-refractivity contribution in [2.24, 2.45) is 34.5 Å². The minimum Gasteiger partial charge on any atom is -0.299 e. The smallest absolute Gasteiger partial charge is 0.155 e. The third-order valence-corrected chi connectivity index (χ3v) is 8.25. The summed E-state index contributed by atoms with van der Waals surface area (Å²) in [6, 6.07) is 0. The van der Waals surface area contributed by atoms with Crippen LogP contribution in [0.4, 0.5) is 0 Å². The molecule has 0 N–H and O–H groups in total. The highest BCUT2D eigenvalue weighted by molar-refractivity contribution is 5.93. The van der Waals surface area contributed by atoms with Crippen LogP contribution in [0.2, 0.25) is 0 Å². The van der Waals surface area contributed by atoms with Crippen LogP contribution in [0.1, 0.15) is 58.8 Å². The number of hydrogen-bond acceptors (Lipinski definition) is 3. The topological polar surface area (TPSA) is 51.2 Å². The maximum Gasteiger partial charge on any atom is 0.155 e. The lowest BCUT2D eigenvalue weighted by atomic mass is 9.46. The van der Waals surface area contributed by atoms with Crippen LogP contribution in [0.25, 0.3) is 0 Å². The first kappa shape index (κ1) is 16.9. The van der Waals surface area contributed by atoms with Crippen LogP contribution < -0.4 is 0 Å². The maximum atomic E-state index is 13.3. The quantitative estimate of drug-likeness (QED) is 0.562. The van der Waals surface area contributed by atoms with E-state index in [1.807, 2.05) is 6.08 Å². The summed E-state index contributed by atoms with van der Waals surface area (Å²) in [6.07, 6.45) is 8.71. The number of Topliss-reactive ketones (excluding diaryl/α,β-unsaturated/α-hetero) is 1. The third kappa shape index (κ3) is 2.20. The molecule has 0 aromatic heterocycles. The molecule has 0 aromatic carbocycles. The Labute approximate surface area is 149 Å². The van der Waals surface area contributed by atoms with Crippen molar-refractivity contribution < 1.29 is 14.4 Å². The number of carbonyl (C=O) groups excluding carboxylic acids is 3. The number of carbonyl (C=O) groups is 3. The van der Waals surface area contributed by atoms with Crippen LogP contribution in [-0.2, 0) is 14.4 Å². The van der Waals surface area contributed by atoms with Crippen LogP contribution in [0.15, 0.2) is 23.8 Å². The lowest BCUT2D eigenvalue weighted by molar-refractivity contribution is -0.145. The number of ketones is 2. The monoisotopic (exact) mass is 340 g/mol. The summed E-state index contributed by atoms with van der Waals surface area (Å²) in [7, 11) is 0. The van der Waals surface area contributed by atoms with E-state index >= 15 is 0 Å². The molecule has 25 heavy (non-hydrogen) atoms.